The molecule has 0 bridgehead atoms. The van der Waals surface area contributed by atoms with Crippen molar-refractivity contribution in [1.29, 1.82) is 0 Å². The van der Waals surface area contributed by atoms with Gasteiger partial charge in [-0.15, -0.1) is 0 Å². The van der Waals surface area contributed by atoms with E-state index in [2.05, 4.69) is 22.6 Å². The van der Waals surface area contributed by atoms with Crippen molar-refractivity contribution < 1.29 is 5.11 Å². The smallest absolute Gasteiger partial charge is 0.0670 e. The predicted molar refractivity (Wildman–Crippen MR) is 38.5 cm³/mol. The van der Waals surface area contributed by atoms with E-state index in [0.717, 1.165) is 4.43 Å². The molecule has 0 aliphatic heterocycles. The van der Waals surface area contributed by atoms with Crippen LogP contribution in [0.5, 0.6) is 0 Å². The van der Waals surface area contributed by atoms with Gasteiger partial charge < -0.3 is 10.8 Å². The molecule has 0 fully saturated rings. The molecule has 0 aromatic rings. The van der Waals surface area contributed by atoms with E-state index in [4.69, 9.17) is 10.8 Å². The van der Waals surface area contributed by atoms with Crippen LogP contribution >= 0.6 is 22.6 Å². The van der Waals surface area contributed by atoms with Gasteiger partial charge in [-0.2, -0.15) is 0 Å². The molecule has 0 aliphatic carbocycles. The zero-order valence-electron chi connectivity index (χ0n) is 4.26. The average molecular weight is 215 g/mol. The third-order valence-electron chi connectivity index (χ3n) is 0.798. The Morgan fingerprint density at radius 3 is 2.29 bits per heavy atom. The zero-order chi connectivity index (χ0) is 5.86. The molecule has 0 spiro atoms. The van der Waals surface area contributed by atoms with Gasteiger partial charge in [0.1, 0.15) is 0 Å². The van der Waals surface area contributed by atoms with Crippen molar-refractivity contribution in [2.75, 3.05) is 4.43 Å². The first-order valence-electron chi connectivity index (χ1n) is 2.18. The first-order valence-corrected chi connectivity index (χ1v) is 3.70. The molecule has 3 N–H and O–H groups in total. The summed E-state index contributed by atoms with van der Waals surface area (Å²) in [6.45, 7) is 1.70. The topological polar surface area (TPSA) is 46.2 Å². The van der Waals surface area contributed by atoms with E-state index in [-0.39, 0.29) is 12.1 Å². The fraction of sp³-hybridized carbons (Fsp3) is 1.00. The molecule has 0 rings (SSSR count). The molecule has 2 unspecified atom stereocenters. The number of hydrogen-bond donors (Lipinski definition) is 2. The molecule has 2 nitrogen and oxygen atoms in total. The van der Waals surface area contributed by atoms with Crippen LogP contribution in [0.25, 0.3) is 0 Å². The highest BCUT2D eigenvalue weighted by Crippen LogP contribution is 1.92. The minimum Gasteiger partial charge on any atom is -0.392 e. The van der Waals surface area contributed by atoms with Crippen molar-refractivity contribution in [3.05, 3.63) is 0 Å². The summed E-state index contributed by atoms with van der Waals surface area (Å²) in [5.74, 6) is 0. The van der Waals surface area contributed by atoms with Crippen LogP contribution in [0.3, 0.4) is 0 Å². The Kier molecular flexibility index (Phi) is 3.96. The van der Waals surface area contributed by atoms with Crippen molar-refractivity contribution in [2.45, 2.75) is 19.1 Å². The molecule has 0 saturated heterocycles. The Balaban J connectivity index is 3.14. The van der Waals surface area contributed by atoms with Crippen LogP contribution in [0, 0.1) is 0 Å². The van der Waals surface area contributed by atoms with Crippen LogP contribution in [0.1, 0.15) is 6.92 Å². The number of aliphatic hydroxyl groups excluding tert-OH is 1. The Morgan fingerprint density at radius 2 is 2.29 bits per heavy atom. The lowest BCUT2D eigenvalue weighted by atomic mass is 10.2. The molecule has 0 aromatic heterocycles. The van der Waals surface area contributed by atoms with Crippen molar-refractivity contribution in [2.24, 2.45) is 5.73 Å². The molecule has 0 aliphatic rings. The van der Waals surface area contributed by atoms with Gasteiger partial charge in [-0.25, -0.2) is 0 Å². The molecular weight excluding hydrogens is 205 g/mol. The highest BCUT2D eigenvalue weighted by Gasteiger charge is 2.04. The van der Waals surface area contributed by atoms with Crippen molar-refractivity contribution in [3.8, 4) is 0 Å². The van der Waals surface area contributed by atoms with E-state index >= 15 is 0 Å². The molecule has 0 saturated carbocycles. The Hall–Kier alpha value is 0.650. The van der Waals surface area contributed by atoms with Gasteiger partial charge in [0.2, 0.25) is 0 Å². The molecule has 7 heavy (non-hydrogen) atoms. The normalized spacial score (nSPS) is 18.9. The molecular formula is C4H10INO. The number of nitrogens with two attached hydrogens (primary N) is 1. The fourth-order valence-electron chi connectivity index (χ4n) is 0.129. The van der Waals surface area contributed by atoms with Gasteiger partial charge in [0.15, 0.2) is 0 Å². The zero-order valence-corrected chi connectivity index (χ0v) is 6.42. The standard InChI is InChI=1S/C4H10INO/c1-3(7)4(6)2-5/h3-4,7H,2,6H2,1H3. The van der Waals surface area contributed by atoms with Gasteiger partial charge >= 0.3 is 0 Å². The van der Waals surface area contributed by atoms with Crippen molar-refractivity contribution in [3.63, 3.8) is 0 Å². The maximum Gasteiger partial charge on any atom is 0.0670 e. The largest absolute Gasteiger partial charge is 0.392 e. The summed E-state index contributed by atoms with van der Waals surface area (Å²) < 4.78 is 0.815. The third-order valence-corrected chi connectivity index (χ3v) is 1.81. The Morgan fingerprint density at radius 1 is 1.86 bits per heavy atom. The molecule has 0 amide bonds. The molecule has 0 heterocycles. The van der Waals surface area contributed by atoms with Gasteiger partial charge in [-0.05, 0) is 6.92 Å². The van der Waals surface area contributed by atoms with E-state index in [9.17, 15) is 0 Å². The van der Waals surface area contributed by atoms with Gasteiger partial charge in [-0.1, -0.05) is 22.6 Å². The summed E-state index contributed by atoms with van der Waals surface area (Å²) in [6.07, 6.45) is -0.364. The maximum atomic E-state index is 8.69. The van der Waals surface area contributed by atoms with Crippen molar-refractivity contribution >= 4 is 22.6 Å². The predicted octanol–water partition coefficient (Wildman–Crippen LogP) is 0.130. The van der Waals surface area contributed by atoms with Crippen LogP contribution < -0.4 is 5.73 Å². The van der Waals surface area contributed by atoms with E-state index in [1.807, 2.05) is 0 Å². The first kappa shape index (κ1) is 7.65. The lowest BCUT2D eigenvalue weighted by Gasteiger charge is -2.08. The summed E-state index contributed by atoms with van der Waals surface area (Å²) in [6, 6.07) is -0.0550. The van der Waals surface area contributed by atoms with Gasteiger partial charge in [-0.3, -0.25) is 0 Å². The molecule has 3 heteroatoms. The summed E-state index contributed by atoms with van der Waals surface area (Å²) in [5.41, 5.74) is 5.36. The van der Waals surface area contributed by atoms with E-state index in [0.29, 0.717) is 0 Å². The van der Waals surface area contributed by atoms with Crippen LogP contribution in [-0.4, -0.2) is 21.7 Å². The summed E-state index contributed by atoms with van der Waals surface area (Å²) in [5, 5.41) is 8.69. The first-order chi connectivity index (χ1) is 3.18. The number of rotatable bonds is 2. The second-order valence-electron chi connectivity index (χ2n) is 1.56. The van der Waals surface area contributed by atoms with Crippen LogP contribution in [0.4, 0.5) is 0 Å². The number of aliphatic hydroxyl groups is 1. The maximum absolute atomic E-state index is 8.69. The van der Waals surface area contributed by atoms with Crippen LogP contribution in [0.2, 0.25) is 0 Å². The Labute approximate surface area is 57.2 Å². The van der Waals surface area contributed by atoms with Gasteiger partial charge in [0.25, 0.3) is 0 Å². The molecule has 2 atom stereocenters. The van der Waals surface area contributed by atoms with Crippen LogP contribution in [-0.2, 0) is 0 Å². The SMILES string of the molecule is CC(O)C(N)CI. The Bertz CT molecular complexity index is 49.0. The number of hydrogen-bond acceptors (Lipinski definition) is 2. The number of alkyl halides is 1. The molecule has 44 valence electrons. The average Bonchev–Trinajstić information content (AvgIpc) is 1.65. The molecule has 0 aromatic carbocycles. The second-order valence-corrected chi connectivity index (χ2v) is 2.44. The highest BCUT2D eigenvalue weighted by atomic mass is 127. The van der Waals surface area contributed by atoms with Crippen molar-refractivity contribution in [1.82, 2.24) is 0 Å². The minimum absolute atomic E-state index is 0.0550. The van der Waals surface area contributed by atoms with Crippen LogP contribution in [0.15, 0.2) is 0 Å². The summed E-state index contributed by atoms with van der Waals surface area (Å²) >= 11 is 2.14. The summed E-state index contributed by atoms with van der Waals surface area (Å²) in [4.78, 5) is 0. The van der Waals surface area contributed by atoms with E-state index in [1.165, 1.54) is 0 Å². The third kappa shape index (κ3) is 3.25. The molecule has 0 radical (unpaired) electrons. The highest BCUT2D eigenvalue weighted by molar-refractivity contribution is 14.1. The van der Waals surface area contributed by atoms with Gasteiger partial charge in [0.05, 0.1) is 6.10 Å². The summed E-state index contributed by atoms with van der Waals surface area (Å²) in [7, 11) is 0. The minimum atomic E-state index is -0.364. The second kappa shape index (κ2) is 3.63. The van der Waals surface area contributed by atoms with E-state index < -0.39 is 0 Å². The quantitative estimate of drug-likeness (QED) is 0.508. The van der Waals surface area contributed by atoms with E-state index in [1.54, 1.807) is 6.92 Å². The lowest BCUT2D eigenvalue weighted by molar-refractivity contribution is 0.173. The number of halogens is 1. The lowest BCUT2D eigenvalue weighted by Crippen LogP contribution is -2.33. The fourth-order valence-corrected chi connectivity index (χ4v) is 0.865. The van der Waals surface area contributed by atoms with Gasteiger partial charge in [0, 0.05) is 10.5 Å². The monoisotopic (exact) mass is 215 g/mol.